The number of thiazole rings is 1. The number of fused-ring (bicyclic) bond motifs is 1. The lowest BCUT2D eigenvalue weighted by Crippen LogP contribution is -2.33. The molecule has 1 heterocycles. The molecule has 1 aromatic heterocycles. The van der Waals surface area contributed by atoms with Gasteiger partial charge in [-0.3, -0.25) is 4.79 Å². The van der Waals surface area contributed by atoms with Crippen molar-refractivity contribution in [2.24, 2.45) is 0 Å². The summed E-state index contributed by atoms with van der Waals surface area (Å²) in [6.45, 7) is 8.10. The first-order valence-electron chi connectivity index (χ1n) is 7.19. The number of carbonyl (C=O) groups excluding carboxylic acids is 1. The molecule has 0 saturated carbocycles. The highest BCUT2D eigenvalue weighted by Crippen LogP contribution is 2.27. The van der Waals surface area contributed by atoms with E-state index in [9.17, 15) is 4.79 Å². The second-order valence-electron chi connectivity index (χ2n) is 5.27. The van der Waals surface area contributed by atoms with Crippen molar-refractivity contribution in [1.82, 2.24) is 9.88 Å². The number of amides is 1. The van der Waals surface area contributed by atoms with E-state index in [1.807, 2.05) is 18.2 Å². The van der Waals surface area contributed by atoms with E-state index in [0.717, 1.165) is 23.3 Å². The number of hydrogen-bond donors (Lipinski definition) is 2. The zero-order chi connectivity index (χ0) is 15.4. The van der Waals surface area contributed by atoms with Crippen molar-refractivity contribution in [3.63, 3.8) is 0 Å². The maximum Gasteiger partial charge on any atom is 0.227 e. The fraction of sp³-hybridized carbons (Fsp3) is 0.467. The fourth-order valence-corrected chi connectivity index (χ4v) is 3.13. The van der Waals surface area contributed by atoms with Crippen molar-refractivity contribution in [3.05, 3.63) is 18.2 Å². The summed E-state index contributed by atoms with van der Waals surface area (Å²) >= 11 is 1.45. The van der Waals surface area contributed by atoms with Crippen LogP contribution in [0.1, 0.15) is 27.2 Å². The lowest BCUT2D eigenvalue weighted by molar-refractivity contribution is -0.116. The number of nitrogens with one attached hydrogen (secondary N) is 1. The summed E-state index contributed by atoms with van der Waals surface area (Å²) in [6.07, 6.45) is 0.476. The molecule has 114 valence electrons. The summed E-state index contributed by atoms with van der Waals surface area (Å²) in [6, 6.07) is 6.01. The van der Waals surface area contributed by atoms with Gasteiger partial charge in [0.05, 0.1) is 10.2 Å². The minimum Gasteiger partial charge on any atom is -0.399 e. The highest BCUT2D eigenvalue weighted by atomic mass is 32.1. The van der Waals surface area contributed by atoms with Crippen LogP contribution in [0, 0.1) is 0 Å². The minimum absolute atomic E-state index is 0.00104. The molecule has 0 fully saturated rings. The van der Waals surface area contributed by atoms with Gasteiger partial charge in [-0.15, -0.1) is 0 Å². The number of anilines is 2. The normalized spacial score (nSPS) is 11.5. The molecule has 0 unspecified atom stereocenters. The van der Waals surface area contributed by atoms with Gasteiger partial charge in [-0.1, -0.05) is 18.3 Å². The number of benzene rings is 1. The highest BCUT2D eigenvalue weighted by molar-refractivity contribution is 7.22. The minimum atomic E-state index is 0.00104. The predicted octanol–water partition coefficient (Wildman–Crippen LogP) is 2.94. The maximum atomic E-state index is 12.0. The van der Waals surface area contributed by atoms with E-state index in [4.69, 9.17) is 5.73 Å². The number of carbonyl (C=O) groups is 1. The second-order valence-corrected chi connectivity index (χ2v) is 6.30. The van der Waals surface area contributed by atoms with E-state index in [1.54, 1.807) is 0 Å². The van der Waals surface area contributed by atoms with E-state index in [-0.39, 0.29) is 5.91 Å². The maximum absolute atomic E-state index is 12.0. The summed E-state index contributed by atoms with van der Waals surface area (Å²) in [5.74, 6) is 0.00104. The number of nitrogen functional groups attached to an aromatic ring is 1. The van der Waals surface area contributed by atoms with E-state index in [1.165, 1.54) is 11.3 Å². The van der Waals surface area contributed by atoms with Gasteiger partial charge in [-0.25, -0.2) is 4.98 Å². The first-order chi connectivity index (χ1) is 9.99. The Morgan fingerprint density at radius 1 is 1.48 bits per heavy atom. The molecule has 1 amide bonds. The van der Waals surface area contributed by atoms with Crippen molar-refractivity contribution in [2.45, 2.75) is 33.2 Å². The zero-order valence-electron chi connectivity index (χ0n) is 12.7. The summed E-state index contributed by atoms with van der Waals surface area (Å²) in [4.78, 5) is 18.7. The number of nitrogens with two attached hydrogens (primary N) is 1. The summed E-state index contributed by atoms with van der Waals surface area (Å²) in [5.41, 5.74) is 7.32. The van der Waals surface area contributed by atoms with E-state index in [2.05, 4.69) is 36.0 Å². The molecule has 0 saturated heterocycles. The molecule has 3 N–H and O–H groups in total. The summed E-state index contributed by atoms with van der Waals surface area (Å²) in [5, 5.41) is 3.50. The average molecular weight is 306 g/mol. The molecule has 0 radical (unpaired) electrons. The van der Waals surface area contributed by atoms with Gasteiger partial charge < -0.3 is 16.0 Å². The Kier molecular flexibility index (Phi) is 5.14. The van der Waals surface area contributed by atoms with Crippen LogP contribution >= 0.6 is 11.3 Å². The lowest BCUT2D eigenvalue weighted by Gasteiger charge is -2.24. The Hall–Kier alpha value is -1.66. The smallest absolute Gasteiger partial charge is 0.227 e. The molecular weight excluding hydrogens is 284 g/mol. The third-order valence-corrected chi connectivity index (χ3v) is 4.36. The molecule has 6 heteroatoms. The molecule has 21 heavy (non-hydrogen) atoms. The predicted molar refractivity (Wildman–Crippen MR) is 89.7 cm³/mol. The Labute approximate surface area is 129 Å². The van der Waals surface area contributed by atoms with Gasteiger partial charge >= 0.3 is 0 Å². The Morgan fingerprint density at radius 3 is 2.90 bits per heavy atom. The molecule has 5 nitrogen and oxygen atoms in total. The molecular formula is C15H22N4OS. The molecule has 2 aromatic rings. The third kappa shape index (κ3) is 4.15. The molecule has 0 atom stereocenters. The van der Waals surface area contributed by atoms with Crippen LogP contribution in [0.25, 0.3) is 10.2 Å². The van der Waals surface area contributed by atoms with Crippen molar-refractivity contribution in [2.75, 3.05) is 24.1 Å². The topological polar surface area (TPSA) is 71.2 Å². The largest absolute Gasteiger partial charge is 0.399 e. The number of rotatable bonds is 6. The highest BCUT2D eigenvalue weighted by Gasteiger charge is 2.11. The molecule has 0 spiro atoms. The molecule has 0 bridgehead atoms. The van der Waals surface area contributed by atoms with Gasteiger partial charge in [-0.2, -0.15) is 0 Å². The van der Waals surface area contributed by atoms with E-state index >= 15 is 0 Å². The van der Waals surface area contributed by atoms with Gasteiger partial charge in [0, 0.05) is 24.7 Å². The fourth-order valence-electron chi connectivity index (χ4n) is 2.20. The van der Waals surface area contributed by atoms with Crippen LogP contribution in [-0.2, 0) is 4.79 Å². The van der Waals surface area contributed by atoms with Crippen LogP contribution in [-0.4, -0.2) is 34.9 Å². The third-order valence-electron chi connectivity index (χ3n) is 3.42. The zero-order valence-corrected chi connectivity index (χ0v) is 13.5. The molecule has 0 aliphatic rings. The van der Waals surface area contributed by atoms with Crippen LogP contribution in [0.15, 0.2) is 18.2 Å². The first-order valence-corrected chi connectivity index (χ1v) is 8.01. The Morgan fingerprint density at radius 2 is 2.24 bits per heavy atom. The van der Waals surface area contributed by atoms with E-state index < -0.39 is 0 Å². The Balaban J connectivity index is 1.95. The van der Waals surface area contributed by atoms with Gasteiger partial charge in [0.1, 0.15) is 0 Å². The number of aromatic nitrogens is 1. The van der Waals surface area contributed by atoms with Crippen LogP contribution in [0.5, 0.6) is 0 Å². The molecule has 0 aliphatic carbocycles. The quantitative estimate of drug-likeness (QED) is 0.805. The van der Waals surface area contributed by atoms with Crippen molar-refractivity contribution >= 4 is 38.3 Å². The van der Waals surface area contributed by atoms with Crippen LogP contribution < -0.4 is 11.1 Å². The Bertz CT molecular complexity index is 623. The van der Waals surface area contributed by atoms with E-state index in [0.29, 0.717) is 23.3 Å². The van der Waals surface area contributed by atoms with Crippen LogP contribution in [0.3, 0.4) is 0 Å². The van der Waals surface area contributed by atoms with Gasteiger partial charge in [-0.05, 0) is 38.6 Å². The SMILES string of the molecule is CCN(CCC(=O)Nc1nc2ccc(N)cc2s1)C(C)C. The first kappa shape index (κ1) is 15.7. The van der Waals surface area contributed by atoms with Crippen LogP contribution in [0.4, 0.5) is 10.8 Å². The van der Waals surface area contributed by atoms with Crippen molar-refractivity contribution in [3.8, 4) is 0 Å². The standard InChI is InChI=1S/C15H22N4OS/c1-4-19(10(2)3)8-7-14(20)18-15-17-12-6-5-11(16)9-13(12)21-15/h5-6,9-10H,4,7-8,16H2,1-3H3,(H,17,18,20). The van der Waals surface area contributed by atoms with Crippen LogP contribution in [0.2, 0.25) is 0 Å². The monoisotopic (exact) mass is 306 g/mol. The van der Waals surface area contributed by atoms with Gasteiger partial charge in [0.2, 0.25) is 5.91 Å². The lowest BCUT2D eigenvalue weighted by atomic mass is 10.3. The van der Waals surface area contributed by atoms with Crippen molar-refractivity contribution < 1.29 is 4.79 Å². The number of hydrogen-bond acceptors (Lipinski definition) is 5. The van der Waals surface area contributed by atoms with Crippen molar-refractivity contribution in [1.29, 1.82) is 0 Å². The molecule has 0 aliphatic heterocycles. The summed E-state index contributed by atoms with van der Waals surface area (Å²) < 4.78 is 0.989. The second kappa shape index (κ2) is 6.87. The van der Waals surface area contributed by atoms with Gasteiger partial charge in [0.25, 0.3) is 0 Å². The molecule has 1 aromatic carbocycles. The van der Waals surface area contributed by atoms with Gasteiger partial charge in [0.15, 0.2) is 5.13 Å². The summed E-state index contributed by atoms with van der Waals surface area (Å²) in [7, 11) is 0. The number of nitrogens with zero attached hydrogens (tertiary/aromatic N) is 2. The molecule has 2 rings (SSSR count). The average Bonchev–Trinajstić information content (AvgIpc) is 2.80.